The van der Waals surface area contributed by atoms with Crippen LogP contribution in [-0.2, 0) is 16.6 Å². The minimum absolute atomic E-state index is 0.0340. The lowest BCUT2D eigenvalue weighted by Gasteiger charge is -2.43. The molecule has 0 radical (unpaired) electrons. The van der Waals surface area contributed by atoms with Crippen LogP contribution in [0.4, 0.5) is 17.1 Å². The molecule has 6 aromatic rings. The lowest BCUT2D eigenvalue weighted by atomic mass is 9.80. The maximum Gasteiger partial charge on any atom is 0.293 e. The predicted molar refractivity (Wildman–Crippen MR) is 284 cm³/mol. The number of benzene rings is 4. The fraction of sp³-hybridized carbons (Fsp3) is 0.429. The molecule has 0 bridgehead atoms. The number of sulfonamides is 1. The van der Waals surface area contributed by atoms with Crippen molar-refractivity contribution in [3.63, 3.8) is 0 Å². The van der Waals surface area contributed by atoms with Gasteiger partial charge in [0, 0.05) is 81.3 Å². The van der Waals surface area contributed by atoms with E-state index in [1.165, 1.54) is 35.0 Å². The summed E-state index contributed by atoms with van der Waals surface area (Å²) in [6.07, 6.45) is 9.14. The van der Waals surface area contributed by atoms with Crippen molar-refractivity contribution in [3.05, 3.63) is 142 Å². The lowest BCUT2D eigenvalue weighted by Crippen LogP contribution is -2.49. The van der Waals surface area contributed by atoms with E-state index in [-0.39, 0.29) is 29.0 Å². The molecular weight excluding hydrogens is 945 g/mol. The molecule has 0 unspecified atom stereocenters. The molecule has 9 rings (SSSR count). The van der Waals surface area contributed by atoms with Crippen molar-refractivity contribution in [2.24, 2.45) is 11.8 Å². The average molecular weight is 1010 g/mol. The number of nitrogens with one attached hydrogen (secondary N) is 3. The van der Waals surface area contributed by atoms with E-state index >= 15 is 0 Å². The zero-order valence-corrected chi connectivity index (χ0v) is 43.1. The Kier molecular flexibility index (Phi) is 15.7. The highest BCUT2D eigenvalue weighted by Crippen LogP contribution is 2.38. The number of aromatic nitrogens is 2. The van der Waals surface area contributed by atoms with Gasteiger partial charge in [0.25, 0.3) is 21.6 Å². The summed E-state index contributed by atoms with van der Waals surface area (Å²) >= 11 is 0. The molecule has 16 nitrogen and oxygen atoms in total. The van der Waals surface area contributed by atoms with E-state index in [4.69, 9.17) is 9.47 Å². The van der Waals surface area contributed by atoms with Crippen molar-refractivity contribution in [1.29, 1.82) is 0 Å². The van der Waals surface area contributed by atoms with E-state index in [1.54, 1.807) is 31.5 Å². The summed E-state index contributed by atoms with van der Waals surface area (Å²) in [5.41, 5.74) is 4.58. The van der Waals surface area contributed by atoms with Gasteiger partial charge in [-0.1, -0.05) is 50.2 Å². The van der Waals surface area contributed by atoms with E-state index in [0.29, 0.717) is 42.6 Å². The van der Waals surface area contributed by atoms with Crippen LogP contribution in [0.2, 0.25) is 0 Å². The van der Waals surface area contributed by atoms with E-state index in [0.717, 1.165) is 101 Å². The highest BCUT2D eigenvalue weighted by atomic mass is 32.2. The minimum atomic E-state index is -4.59. The second-order valence-corrected chi connectivity index (χ2v) is 22.4. The molecule has 0 spiro atoms. The van der Waals surface area contributed by atoms with Gasteiger partial charge in [-0.25, -0.2) is 18.1 Å². The highest BCUT2D eigenvalue weighted by molar-refractivity contribution is 7.90. The number of pyridine rings is 1. The topological polar surface area (TPSA) is 195 Å². The van der Waals surface area contributed by atoms with Crippen LogP contribution in [0.5, 0.6) is 17.2 Å². The fourth-order valence-corrected chi connectivity index (χ4v) is 11.8. The van der Waals surface area contributed by atoms with Crippen LogP contribution in [-0.4, -0.2) is 103 Å². The van der Waals surface area contributed by atoms with Crippen molar-refractivity contribution in [3.8, 4) is 17.2 Å². The van der Waals surface area contributed by atoms with Crippen molar-refractivity contribution < 1.29 is 32.7 Å². The maximum atomic E-state index is 14.1. The van der Waals surface area contributed by atoms with Gasteiger partial charge < -0.3 is 29.8 Å². The number of methoxy groups -OCH3 is 1. The molecule has 17 heteroatoms. The number of rotatable bonds is 18. The van der Waals surface area contributed by atoms with Crippen LogP contribution in [0.1, 0.15) is 105 Å². The van der Waals surface area contributed by atoms with Gasteiger partial charge in [-0.3, -0.25) is 24.7 Å². The molecule has 4 N–H and O–H groups in total. The van der Waals surface area contributed by atoms with Crippen LogP contribution in [0.3, 0.4) is 0 Å². The van der Waals surface area contributed by atoms with Gasteiger partial charge in [0.2, 0.25) is 0 Å². The van der Waals surface area contributed by atoms with E-state index in [2.05, 4.69) is 85.0 Å². The molecule has 2 saturated heterocycles. The van der Waals surface area contributed by atoms with Crippen LogP contribution in [0.15, 0.2) is 114 Å². The summed E-state index contributed by atoms with van der Waals surface area (Å²) in [4.78, 5) is 40.3. The van der Waals surface area contributed by atoms with Gasteiger partial charge >= 0.3 is 0 Å². The number of carbonyl (C=O) groups excluding carboxylic acids is 1. The first kappa shape index (κ1) is 51.4. The number of nitro groups is 1. The Morgan fingerprint density at radius 2 is 1.70 bits per heavy atom. The molecule has 3 fully saturated rings. The zero-order chi connectivity index (χ0) is 51.3. The monoisotopic (exact) mass is 1010 g/mol. The summed E-state index contributed by atoms with van der Waals surface area (Å²) < 4.78 is 41.6. The van der Waals surface area contributed by atoms with Crippen molar-refractivity contribution in [2.75, 3.05) is 63.1 Å². The summed E-state index contributed by atoms with van der Waals surface area (Å²) in [6, 6.07) is 29.9. The Labute approximate surface area is 428 Å². The molecule has 3 aliphatic rings. The van der Waals surface area contributed by atoms with E-state index < -0.39 is 37.0 Å². The number of ether oxygens (including phenoxy) is 2. The number of aromatic amines is 1. The lowest BCUT2D eigenvalue weighted by molar-refractivity contribution is -0.384. The third-order valence-electron chi connectivity index (χ3n) is 15.2. The Morgan fingerprint density at radius 1 is 0.932 bits per heavy atom. The number of amides is 1. The van der Waals surface area contributed by atoms with Crippen LogP contribution < -0.4 is 24.4 Å². The number of aliphatic hydroxyl groups is 1. The molecule has 1 aliphatic carbocycles. The molecule has 386 valence electrons. The SMILES string of the molecule is COc1ccc(CN2CCN(CCC3CCN(c4ccc(C(=O)NS(=O)(=O)c5ccc(NCC6CCC(C)(O)CC6)c([N+](=O)[O-])c5)c(Oc5cnc6[nH]ccc6c5)c4)CC3)[C@@H](c3ccccc3C(C)C)C2)cc1. The van der Waals surface area contributed by atoms with Crippen molar-refractivity contribution >= 4 is 44.0 Å². The highest BCUT2D eigenvalue weighted by Gasteiger charge is 2.33. The molecule has 2 aromatic heterocycles. The second kappa shape index (κ2) is 22.3. The largest absolute Gasteiger partial charge is 0.497 e. The molecule has 1 atom stereocenters. The molecule has 73 heavy (non-hydrogen) atoms. The Bertz CT molecular complexity index is 3000. The Hall–Kier alpha value is -6.53. The van der Waals surface area contributed by atoms with Gasteiger partial charge in [0.1, 0.15) is 28.6 Å². The number of H-pyrrole nitrogens is 1. The summed E-state index contributed by atoms with van der Waals surface area (Å²) in [7, 11) is -2.89. The number of carbonyl (C=O) groups is 1. The van der Waals surface area contributed by atoms with E-state index in [1.807, 2.05) is 31.2 Å². The number of piperazine rings is 1. The third kappa shape index (κ3) is 12.5. The first-order chi connectivity index (χ1) is 35.1. The van der Waals surface area contributed by atoms with Crippen LogP contribution >= 0.6 is 0 Å². The summed E-state index contributed by atoms with van der Waals surface area (Å²) in [6.45, 7) is 13.2. The zero-order valence-electron chi connectivity index (χ0n) is 42.3. The number of anilines is 2. The maximum absolute atomic E-state index is 14.1. The standard InChI is InChI=1S/C56H68N8O8S/c1-38(2)47-7-5-6-8-48(47)52-37-61(36-41-9-12-44(71-4)13-10-41)29-30-63(52)28-22-39-20-26-62(27-21-39)43-11-15-49(53(32-43)72-45-31-42-19-25-57-54(42)59-35-45)55(65)60-73(69,70)46-14-16-50(51(33-46)64(67)68)58-34-40-17-23-56(3,66)24-18-40/h5-16,19,25,31-33,35,38-40,52,58,66H,17-18,20-24,26-30,34,36-37H2,1-4H3,(H,57,59)(H,60,65)/t40?,52-,56?/m1/s1. The summed E-state index contributed by atoms with van der Waals surface area (Å²) in [5, 5.41) is 26.5. The molecule has 4 aromatic carbocycles. The first-order valence-electron chi connectivity index (χ1n) is 25.6. The normalized spacial score (nSPS) is 20.3. The smallest absolute Gasteiger partial charge is 0.293 e. The number of nitro benzene ring substituents is 1. The Morgan fingerprint density at radius 3 is 2.44 bits per heavy atom. The number of hydrogen-bond acceptors (Lipinski definition) is 13. The number of nitrogens with zero attached hydrogens (tertiary/aromatic N) is 5. The van der Waals surface area contributed by atoms with Gasteiger partial charge in [0.05, 0.1) is 34.3 Å². The molecule has 1 saturated carbocycles. The van der Waals surface area contributed by atoms with Gasteiger partial charge in [-0.2, -0.15) is 0 Å². The second-order valence-electron chi connectivity index (χ2n) is 20.7. The number of fused-ring (bicyclic) bond motifs is 1. The van der Waals surface area contributed by atoms with E-state index in [9.17, 15) is 28.4 Å². The molecular formula is C56H68N8O8S. The van der Waals surface area contributed by atoms with Gasteiger partial charge in [-0.15, -0.1) is 0 Å². The Balaban J connectivity index is 0.874. The van der Waals surface area contributed by atoms with Gasteiger partial charge in [0.15, 0.2) is 0 Å². The van der Waals surface area contributed by atoms with Gasteiger partial charge in [-0.05, 0) is 141 Å². The summed E-state index contributed by atoms with van der Waals surface area (Å²) in [5.74, 6) is 1.54. The number of hydrogen-bond donors (Lipinski definition) is 4. The third-order valence-corrected chi connectivity index (χ3v) is 16.5. The first-order valence-corrected chi connectivity index (χ1v) is 27.1. The molecule has 2 aliphatic heterocycles. The quantitative estimate of drug-likeness (QED) is 0.0470. The molecule has 1 amide bonds. The average Bonchev–Trinajstić information content (AvgIpc) is 3.86. The molecule has 4 heterocycles. The van der Waals surface area contributed by atoms with Crippen LogP contribution in [0, 0.1) is 22.0 Å². The van der Waals surface area contributed by atoms with Crippen LogP contribution in [0.25, 0.3) is 11.0 Å². The minimum Gasteiger partial charge on any atom is -0.497 e. The predicted octanol–water partition coefficient (Wildman–Crippen LogP) is 10.0. The van der Waals surface area contributed by atoms with Crippen molar-refractivity contribution in [2.45, 2.75) is 94.7 Å². The van der Waals surface area contributed by atoms with Crippen molar-refractivity contribution in [1.82, 2.24) is 24.5 Å². The number of piperidine rings is 1. The fourth-order valence-electron chi connectivity index (χ4n) is 10.8.